The van der Waals surface area contributed by atoms with Gasteiger partial charge >= 0.3 is 6.61 Å². The highest BCUT2D eigenvalue weighted by Crippen LogP contribution is 2.15. The first-order chi connectivity index (χ1) is 11.0. The van der Waals surface area contributed by atoms with E-state index in [2.05, 4.69) is 15.6 Å². The third-order valence-electron chi connectivity index (χ3n) is 2.72. The average molecular weight is 324 g/mol. The maximum Gasteiger partial charge on any atom is 0.387 e. The molecule has 0 spiro atoms. The van der Waals surface area contributed by atoms with Crippen LogP contribution in [0.1, 0.15) is 20.7 Å². The summed E-state index contributed by atoms with van der Waals surface area (Å²) in [5.41, 5.74) is 4.40. The first kappa shape index (κ1) is 16.3. The number of hydrogen-bond donors (Lipinski definition) is 2. The minimum Gasteiger partial charge on any atom is -0.435 e. The summed E-state index contributed by atoms with van der Waals surface area (Å²) in [7, 11) is 0. The molecule has 0 radical (unpaired) electrons. The van der Waals surface area contributed by atoms with E-state index in [1.54, 1.807) is 0 Å². The molecular weight excluding hydrogens is 313 g/mol. The molecule has 0 saturated heterocycles. The van der Waals surface area contributed by atoms with Crippen molar-refractivity contribution in [2.24, 2.45) is 0 Å². The van der Waals surface area contributed by atoms with Crippen LogP contribution in [-0.2, 0) is 0 Å². The Hall–Kier alpha value is -3.03. The van der Waals surface area contributed by atoms with Crippen LogP contribution in [0.25, 0.3) is 0 Å². The zero-order valence-corrected chi connectivity index (χ0v) is 11.6. The molecule has 2 N–H and O–H groups in total. The minimum absolute atomic E-state index is 0.0163. The Bertz CT molecular complexity index is 705. The molecule has 0 saturated carbocycles. The predicted octanol–water partition coefficient (Wildman–Crippen LogP) is 2.50. The second-order valence-corrected chi connectivity index (χ2v) is 4.32. The van der Waals surface area contributed by atoms with Crippen LogP contribution in [-0.4, -0.2) is 18.4 Å². The summed E-state index contributed by atoms with van der Waals surface area (Å²) in [6, 6.07) is 9.77. The van der Waals surface area contributed by atoms with Gasteiger partial charge < -0.3 is 4.74 Å². The van der Waals surface area contributed by atoms with Crippen molar-refractivity contribution in [2.45, 2.75) is 6.61 Å². The number of ether oxygens (including phenoxy) is 1. The first-order valence-electron chi connectivity index (χ1n) is 6.37. The van der Waals surface area contributed by atoms with Crippen LogP contribution in [0, 0.1) is 5.82 Å². The molecule has 0 fully saturated rings. The number of carbonyl (C=O) groups excluding carboxylic acids is 2. The van der Waals surface area contributed by atoms with Crippen LogP contribution < -0.4 is 15.6 Å². The fourth-order valence-corrected chi connectivity index (χ4v) is 1.67. The lowest BCUT2D eigenvalue weighted by atomic mass is 10.2. The van der Waals surface area contributed by atoms with Crippen molar-refractivity contribution in [2.75, 3.05) is 0 Å². The van der Waals surface area contributed by atoms with Crippen molar-refractivity contribution in [1.82, 2.24) is 10.9 Å². The Kier molecular flexibility index (Phi) is 5.19. The Labute approximate surface area is 129 Å². The summed E-state index contributed by atoms with van der Waals surface area (Å²) < 4.78 is 41.2. The summed E-state index contributed by atoms with van der Waals surface area (Å²) in [5.74, 6) is -2.06. The summed E-state index contributed by atoms with van der Waals surface area (Å²) in [5, 5.41) is 0. The quantitative estimate of drug-likeness (QED) is 0.849. The van der Waals surface area contributed by atoms with Gasteiger partial charge in [-0.25, -0.2) is 4.39 Å². The molecule has 0 heterocycles. The van der Waals surface area contributed by atoms with Gasteiger partial charge in [0.25, 0.3) is 11.8 Å². The van der Waals surface area contributed by atoms with E-state index in [9.17, 15) is 22.8 Å². The van der Waals surface area contributed by atoms with E-state index in [0.29, 0.717) is 0 Å². The Balaban J connectivity index is 1.96. The van der Waals surface area contributed by atoms with Gasteiger partial charge in [0, 0.05) is 11.1 Å². The van der Waals surface area contributed by atoms with Crippen LogP contribution >= 0.6 is 0 Å². The molecule has 120 valence electrons. The van der Waals surface area contributed by atoms with Crippen molar-refractivity contribution in [1.29, 1.82) is 0 Å². The second-order valence-electron chi connectivity index (χ2n) is 4.32. The number of carbonyl (C=O) groups is 2. The van der Waals surface area contributed by atoms with Gasteiger partial charge in [-0.15, -0.1) is 0 Å². The van der Waals surface area contributed by atoms with Gasteiger partial charge in [0.2, 0.25) is 0 Å². The van der Waals surface area contributed by atoms with Crippen LogP contribution in [0.3, 0.4) is 0 Å². The molecule has 0 aliphatic heterocycles. The first-order valence-corrected chi connectivity index (χ1v) is 6.37. The van der Waals surface area contributed by atoms with Crippen LogP contribution in [0.4, 0.5) is 13.2 Å². The lowest BCUT2D eigenvalue weighted by Crippen LogP contribution is -2.41. The van der Waals surface area contributed by atoms with Crippen molar-refractivity contribution in [3.63, 3.8) is 0 Å². The minimum atomic E-state index is -3.01. The number of nitrogens with one attached hydrogen (secondary N) is 2. The SMILES string of the molecule is O=C(NNC(=O)c1cccc(OC(F)F)c1)c1ccc(F)cc1. The van der Waals surface area contributed by atoms with Gasteiger partial charge in [0.15, 0.2) is 0 Å². The largest absolute Gasteiger partial charge is 0.435 e. The number of alkyl halides is 2. The molecule has 0 aliphatic rings. The summed E-state index contributed by atoms with van der Waals surface area (Å²) in [4.78, 5) is 23.6. The smallest absolute Gasteiger partial charge is 0.387 e. The molecule has 0 aromatic heterocycles. The molecule has 2 rings (SSSR count). The fourth-order valence-electron chi connectivity index (χ4n) is 1.67. The molecule has 23 heavy (non-hydrogen) atoms. The fraction of sp³-hybridized carbons (Fsp3) is 0.0667. The molecule has 5 nitrogen and oxygen atoms in total. The van der Waals surface area contributed by atoms with Crippen molar-refractivity contribution in [3.05, 3.63) is 65.5 Å². The highest BCUT2D eigenvalue weighted by atomic mass is 19.3. The van der Waals surface area contributed by atoms with Crippen molar-refractivity contribution >= 4 is 11.8 Å². The van der Waals surface area contributed by atoms with E-state index in [4.69, 9.17) is 0 Å². The van der Waals surface area contributed by atoms with Crippen LogP contribution in [0.2, 0.25) is 0 Å². The summed E-state index contributed by atoms with van der Waals surface area (Å²) in [6.45, 7) is -3.01. The molecule has 2 aromatic carbocycles. The molecule has 0 aliphatic carbocycles. The van der Waals surface area contributed by atoms with Gasteiger partial charge in [-0.1, -0.05) is 6.07 Å². The lowest BCUT2D eigenvalue weighted by Gasteiger charge is -2.09. The molecule has 2 amide bonds. The predicted molar refractivity (Wildman–Crippen MR) is 74.4 cm³/mol. The van der Waals surface area contributed by atoms with Crippen LogP contribution in [0.15, 0.2) is 48.5 Å². The van der Waals surface area contributed by atoms with Gasteiger partial charge in [0.05, 0.1) is 0 Å². The van der Waals surface area contributed by atoms with Gasteiger partial charge in [-0.05, 0) is 42.5 Å². The molecule has 0 bridgehead atoms. The lowest BCUT2D eigenvalue weighted by molar-refractivity contribution is -0.0498. The maximum absolute atomic E-state index is 12.7. The highest BCUT2D eigenvalue weighted by Gasteiger charge is 2.11. The standard InChI is InChI=1S/C15H11F3N2O3/c16-11-6-4-9(5-7-11)13(21)19-20-14(22)10-2-1-3-12(8-10)23-15(17)18/h1-8,15H,(H,19,21)(H,20,22). The third-order valence-corrected chi connectivity index (χ3v) is 2.72. The number of amides is 2. The zero-order valence-electron chi connectivity index (χ0n) is 11.6. The zero-order chi connectivity index (χ0) is 16.8. The van der Waals surface area contributed by atoms with E-state index in [1.807, 2.05) is 0 Å². The van der Waals surface area contributed by atoms with Crippen LogP contribution in [0.5, 0.6) is 5.75 Å². The van der Waals surface area contributed by atoms with E-state index in [-0.39, 0.29) is 16.9 Å². The summed E-state index contributed by atoms with van der Waals surface area (Å²) >= 11 is 0. The monoisotopic (exact) mass is 324 g/mol. The van der Waals surface area contributed by atoms with Crippen molar-refractivity contribution < 1.29 is 27.5 Å². The summed E-state index contributed by atoms with van der Waals surface area (Å²) in [6.07, 6.45) is 0. The van der Waals surface area contributed by atoms with E-state index >= 15 is 0 Å². The van der Waals surface area contributed by atoms with Gasteiger partial charge in [-0.2, -0.15) is 8.78 Å². The maximum atomic E-state index is 12.7. The number of halogens is 3. The normalized spacial score (nSPS) is 10.3. The molecular formula is C15H11F3N2O3. The van der Waals surface area contributed by atoms with Crippen molar-refractivity contribution in [3.8, 4) is 5.75 Å². The number of hydrazine groups is 1. The van der Waals surface area contributed by atoms with E-state index in [1.165, 1.54) is 30.3 Å². The van der Waals surface area contributed by atoms with Gasteiger partial charge in [-0.3, -0.25) is 20.4 Å². The number of rotatable bonds is 4. The molecule has 0 unspecified atom stereocenters. The highest BCUT2D eigenvalue weighted by molar-refractivity contribution is 5.99. The Morgan fingerprint density at radius 1 is 0.913 bits per heavy atom. The number of benzene rings is 2. The Morgan fingerprint density at radius 3 is 2.13 bits per heavy atom. The molecule has 0 atom stereocenters. The van der Waals surface area contributed by atoms with E-state index < -0.39 is 24.2 Å². The molecule has 8 heteroatoms. The topological polar surface area (TPSA) is 67.4 Å². The van der Waals surface area contributed by atoms with E-state index in [0.717, 1.165) is 18.2 Å². The second kappa shape index (κ2) is 7.30. The average Bonchev–Trinajstić information content (AvgIpc) is 2.52. The molecule has 2 aromatic rings. The third kappa shape index (κ3) is 4.73. The Morgan fingerprint density at radius 2 is 1.52 bits per heavy atom. The van der Waals surface area contributed by atoms with Gasteiger partial charge in [0.1, 0.15) is 11.6 Å². The number of hydrogen-bond acceptors (Lipinski definition) is 3.